The molecule has 0 aliphatic rings. The van der Waals surface area contributed by atoms with Gasteiger partial charge in [0.1, 0.15) is 16.7 Å². The fourth-order valence-corrected chi connectivity index (χ4v) is 1.33. The number of aromatic amines is 1. The summed E-state index contributed by atoms with van der Waals surface area (Å²) in [4.78, 5) is 7.19. The zero-order valence-corrected chi connectivity index (χ0v) is 8.34. The highest BCUT2D eigenvalue weighted by Crippen LogP contribution is 2.22. The Hall–Kier alpha value is -1.48. The zero-order valence-electron chi connectivity index (χ0n) is 7.58. The largest absolute Gasteiger partial charge is 0.508 e. The minimum Gasteiger partial charge on any atom is -0.508 e. The van der Waals surface area contributed by atoms with Gasteiger partial charge >= 0.3 is 0 Å². The highest BCUT2D eigenvalue weighted by atomic mass is 35.5. The topological polar surface area (TPSA) is 48.9 Å². The smallest absolute Gasteiger partial charge is 0.150 e. The molecule has 0 aliphatic heterocycles. The van der Waals surface area contributed by atoms with Gasteiger partial charge in [0.2, 0.25) is 0 Å². The molecule has 2 aromatic rings. The van der Waals surface area contributed by atoms with Crippen LogP contribution in [0.5, 0.6) is 5.75 Å². The second-order valence-electron chi connectivity index (χ2n) is 3.05. The van der Waals surface area contributed by atoms with E-state index in [1.54, 1.807) is 24.3 Å². The van der Waals surface area contributed by atoms with Crippen LogP contribution < -0.4 is 0 Å². The van der Waals surface area contributed by atoms with Gasteiger partial charge in [-0.1, -0.05) is 11.6 Å². The number of imidazole rings is 1. The van der Waals surface area contributed by atoms with Crippen LogP contribution in [0.2, 0.25) is 5.15 Å². The van der Waals surface area contributed by atoms with Gasteiger partial charge in [-0.3, -0.25) is 0 Å². The number of halogens is 1. The van der Waals surface area contributed by atoms with Gasteiger partial charge in [-0.15, -0.1) is 0 Å². The van der Waals surface area contributed by atoms with Crippen LogP contribution in [-0.2, 0) is 0 Å². The summed E-state index contributed by atoms with van der Waals surface area (Å²) in [6.07, 6.45) is 0. The summed E-state index contributed by atoms with van der Waals surface area (Å²) in [6, 6.07) is 6.79. The molecule has 3 nitrogen and oxygen atoms in total. The highest BCUT2D eigenvalue weighted by molar-refractivity contribution is 6.30. The van der Waals surface area contributed by atoms with Gasteiger partial charge in [0.15, 0.2) is 0 Å². The Morgan fingerprint density at radius 3 is 2.43 bits per heavy atom. The second-order valence-corrected chi connectivity index (χ2v) is 3.41. The third kappa shape index (κ3) is 1.59. The third-order valence-corrected chi connectivity index (χ3v) is 2.33. The molecule has 0 radical (unpaired) electrons. The van der Waals surface area contributed by atoms with Crippen LogP contribution in [0.15, 0.2) is 24.3 Å². The van der Waals surface area contributed by atoms with Crippen molar-refractivity contribution in [2.45, 2.75) is 6.92 Å². The molecule has 1 aromatic heterocycles. The van der Waals surface area contributed by atoms with E-state index in [4.69, 9.17) is 16.7 Å². The molecule has 2 N–H and O–H groups in total. The third-order valence-electron chi connectivity index (χ3n) is 1.97. The van der Waals surface area contributed by atoms with Crippen molar-refractivity contribution in [1.29, 1.82) is 0 Å². The van der Waals surface area contributed by atoms with Gasteiger partial charge in [0.05, 0.1) is 5.69 Å². The first-order valence-electron chi connectivity index (χ1n) is 4.18. The Morgan fingerprint density at radius 1 is 1.29 bits per heavy atom. The highest BCUT2D eigenvalue weighted by Gasteiger charge is 2.05. The van der Waals surface area contributed by atoms with E-state index in [9.17, 15) is 0 Å². The van der Waals surface area contributed by atoms with Gasteiger partial charge in [-0.25, -0.2) is 4.98 Å². The van der Waals surface area contributed by atoms with Gasteiger partial charge in [-0.2, -0.15) is 0 Å². The van der Waals surface area contributed by atoms with Crippen LogP contribution in [0, 0.1) is 6.92 Å². The molecule has 0 amide bonds. The number of hydrogen-bond acceptors (Lipinski definition) is 2. The van der Waals surface area contributed by atoms with E-state index in [2.05, 4.69) is 9.97 Å². The van der Waals surface area contributed by atoms with Crippen molar-refractivity contribution in [3.05, 3.63) is 35.1 Å². The molecule has 0 saturated carbocycles. The Balaban J connectivity index is 2.44. The first-order valence-corrected chi connectivity index (χ1v) is 4.56. The Morgan fingerprint density at radius 2 is 1.93 bits per heavy atom. The molecule has 1 aromatic carbocycles. The number of phenolic OH excluding ortho intramolecular Hbond substituents is 1. The summed E-state index contributed by atoms with van der Waals surface area (Å²) in [5.41, 5.74) is 1.74. The number of nitrogens with one attached hydrogen (secondary N) is 1. The molecule has 1 heterocycles. The summed E-state index contributed by atoms with van der Waals surface area (Å²) in [5, 5.41) is 9.59. The predicted octanol–water partition coefficient (Wildman–Crippen LogP) is 2.74. The Labute approximate surface area is 86.4 Å². The van der Waals surface area contributed by atoms with E-state index in [1.807, 2.05) is 6.92 Å². The molecule has 0 fully saturated rings. The lowest BCUT2D eigenvalue weighted by atomic mass is 10.2. The number of H-pyrrole nitrogens is 1. The number of aromatic hydroxyl groups is 1. The van der Waals surface area contributed by atoms with Crippen molar-refractivity contribution in [3.8, 4) is 17.1 Å². The standard InChI is InChI=1S/C10H9ClN2O/c1-6-9(11)13-10(12-6)7-2-4-8(14)5-3-7/h2-5,14H,1H3,(H,12,13). The lowest BCUT2D eigenvalue weighted by molar-refractivity contribution is 0.475. The summed E-state index contributed by atoms with van der Waals surface area (Å²) >= 11 is 5.82. The maximum Gasteiger partial charge on any atom is 0.150 e. The van der Waals surface area contributed by atoms with Crippen molar-refractivity contribution < 1.29 is 5.11 Å². The first kappa shape index (κ1) is 9.09. The Bertz CT molecular complexity index is 428. The zero-order chi connectivity index (χ0) is 10.1. The van der Waals surface area contributed by atoms with Crippen LogP contribution in [0.1, 0.15) is 5.69 Å². The maximum absolute atomic E-state index is 9.11. The molecule has 0 atom stereocenters. The van der Waals surface area contributed by atoms with Crippen molar-refractivity contribution >= 4 is 11.6 Å². The molecule has 14 heavy (non-hydrogen) atoms. The molecule has 0 aliphatic carbocycles. The normalized spacial score (nSPS) is 10.4. The fraction of sp³-hybridized carbons (Fsp3) is 0.100. The van der Waals surface area contributed by atoms with E-state index in [0.29, 0.717) is 11.0 Å². The molecule has 72 valence electrons. The molecule has 0 saturated heterocycles. The van der Waals surface area contributed by atoms with Crippen molar-refractivity contribution in [3.63, 3.8) is 0 Å². The average molecular weight is 209 g/mol. The number of nitrogens with zero attached hydrogens (tertiary/aromatic N) is 1. The number of phenols is 1. The predicted molar refractivity (Wildman–Crippen MR) is 55.4 cm³/mol. The van der Waals surface area contributed by atoms with Crippen molar-refractivity contribution in [2.24, 2.45) is 0 Å². The van der Waals surface area contributed by atoms with Crippen molar-refractivity contribution in [2.75, 3.05) is 0 Å². The van der Waals surface area contributed by atoms with Crippen LogP contribution in [0.4, 0.5) is 0 Å². The number of aromatic nitrogens is 2. The molecule has 0 bridgehead atoms. The molecular weight excluding hydrogens is 200 g/mol. The van der Waals surface area contributed by atoms with E-state index in [1.165, 1.54) is 0 Å². The van der Waals surface area contributed by atoms with E-state index >= 15 is 0 Å². The fourth-order valence-electron chi connectivity index (χ4n) is 1.20. The summed E-state index contributed by atoms with van der Waals surface area (Å²) in [6.45, 7) is 1.86. The first-order chi connectivity index (χ1) is 6.66. The monoisotopic (exact) mass is 208 g/mol. The van der Waals surface area contributed by atoms with E-state index < -0.39 is 0 Å². The van der Waals surface area contributed by atoms with Crippen LogP contribution >= 0.6 is 11.6 Å². The quantitative estimate of drug-likeness (QED) is 0.757. The van der Waals surface area contributed by atoms with Crippen LogP contribution in [0.25, 0.3) is 11.4 Å². The molecular formula is C10H9ClN2O. The van der Waals surface area contributed by atoms with Gasteiger partial charge < -0.3 is 10.1 Å². The number of hydrogen-bond donors (Lipinski definition) is 2. The summed E-state index contributed by atoms with van der Waals surface area (Å²) < 4.78 is 0. The molecule has 0 spiro atoms. The van der Waals surface area contributed by atoms with E-state index in [-0.39, 0.29) is 5.75 Å². The minimum absolute atomic E-state index is 0.239. The summed E-state index contributed by atoms with van der Waals surface area (Å²) in [7, 11) is 0. The molecule has 4 heteroatoms. The average Bonchev–Trinajstić information content (AvgIpc) is 2.48. The van der Waals surface area contributed by atoms with Crippen molar-refractivity contribution in [1.82, 2.24) is 9.97 Å². The Kier molecular flexibility index (Phi) is 2.17. The lowest BCUT2D eigenvalue weighted by Crippen LogP contribution is -1.79. The van der Waals surface area contributed by atoms with Crippen LogP contribution in [0.3, 0.4) is 0 Å². The lowest BCUT2D eigenvalue weighted by Gasteiger charge is -1.95. The molecule has 0 unspecified atom stereocenters. The minimum atomic E-state index is 0.239. The molecule has 2 rings (SSSR count). The maximum atomic E-state index is 9.11. The number of rotatable bonds is 1. The second kappa shape index (κ2) is 3.35. The van der Waals surface area contributed by atoms with Gasteiger partial charge in [-0.05, 0) is 31.2 Å². The van der Waals surface area contributed by atoms with Crippen LogP contribution in [-0.4, -0.2) is 15.1 Å². The van der Waals surface area contributed by atoms with E-state index in [0.717, 1.165) is 11.3 Å². The number of benzene rings is 1. The SMILES string of the molecule is Cc1[nH]c(-c2ccc(O)cc2)nc1Cl. The summed E-state index contributed by atoms with van der Waals surface area (Å²) in [5.74, 6) is 0.954. The number of aryl methyl sites for hydroxylation is 1. The van der Waals surface area contributed by atoms with Gasteiger partial charge in [0, 0.05) is 5.56 Å². The van der Waals surface area contributed by atoms with Gasteiger partial charge in [0.25, 0.3) is 0 Å².